The fourth-order valence-corrected chi connectivity index (χ4v) is 7.57. The lowest BCUT2D eigenvalue weighted by Gasteiger charge is -2.25. The third-order valence-electron chi connectivity index (χ3n) is 11.7. The van der Waals surface area contributed by atoms with Crippen LogP contribution in [-0.4, -0.2) is 87.4 Å². The van der Waals surface area contributed by atoms with Crippen LogP contribution in [0.5, 0.6) is 0 Å². The number of carboxylic acid groups (broad SMARTS) is 1. The van der Waals surface area contributed by atoms with Gasteiger partial charge in [0.1, 0.15) is 13.2 Å². The number of allylic oxidation sites excluding steroid dienone is 4. The lowest BCUT2D eigenvalue weighted by Crippen LogP contribution is -2.40. The summed E-state index contributed by atoms with van der Waals surface area (Å²) >= 11 is 0. The third kappa shape index (κ3) is 47.5. The number of carboxylic acids is 1. The molecule has 370 valence electrons. The topological polar surface area (TPSA) is 108 Å². The lowest BCUT2D eigenvalue weighted by atomic mass is 10.0. The Morgan fingerprint density at radius 3 is 1.27 bits per heavy atom. The molecular weight excluding hydrogens is 791 g/mol. The second-order valence-corrected chi connectivity index (χ2v) is 19.2. The highest BCUT2D eigenvalue weighted by atomic mass is 16.7. The van der Waals surface area contributed by atoms with E-state index >= 15 is 0 Å². The molecular formula is C54H102NO8+. The Hall–Kier alpha value is -2.23. The van der Waals surface area contributed by atoms with Gasteiger partial charge in [-0.2, -0.15) is 0 Å². The highest BCUT2D eigenvalue weighted by Crippen LogP contribution is 2.16. The van der Waals surface area contributed by atoms with Gasteiger partial charge in [-0.25, -0.2) is 4.79 Å². The quantitative estimate of drug-likeness (QED) is 0.0211. The molecule has 0 bridgehead atoms. The normalized spacial score (nSPS) is 13.0. The van der Waals surface area contributed by atoms with Crippen LogP contribution >= 0.6 is 0 Å². The van der Waals surface area contributed by atoms with Crippen molar-refractivity contribution < 1.29 is 42.9 Å². The smallest absolute Gasteiger partial charge is 0.361 e. The van der Waals surface area contributed by atoms with Crippen LogP contribution in [0.4, 0.5) is 0 Å². The molecule has 0 aromatic rings. The van der Waals surface area contributed by atoms with Crippen molar-refractivity contribution in [3.8, 4) is 0 Å². The molecule has 9 heteroatoms. The number of hydrogen-bond donors (Lipinski definition) is 1. The molecule has 9 nitrogen and oxygen atoms in total. The Morgan fingerprint density at radius 1 is 0.476 bits per heavy atom. The van der Waals surface area contributed by atoms with E-state index in [4.69, 9.17) is 18.9 Å². The molecule has 0 saturated heterocycles. The van der Waals surface area contributed by atoms with Crippen molar-refractivity contribution >= 4 is 17.9 Å². The van der Waals surface area contributed by atoms with E-state index in [2.05, 4.69) is 38.2 Å². The average molecular weight is 893 g/mol. The van der Waals surface area contributed by atoms with Gasteiger partial charge in [-0.1, -0.05) is 212 Å². The maximum absolute atomic E-state index is 12.8. The zero-order valence-corrected chi connectivity index (χ0v) is 42.0. The van der Waals surface area contributed by atoms with Crippen molar-refractivity contribution in [1.29, 1.82) is 0 Å². The van der Waals surface area contributed by atoms with Gasteiger partial charge in [-0.15, -0.1) is 0 Å². The van der Waals surface area contributed by atoms with Crippen molar-refractivity contribution in [2.75, 3.05) is 47.5 Å². The number of aliphatic carboxylic acids is 1. The summed E-state index contributed by atoms with van der Waals surface area (Å²) in [5, 5.41) is 9.67. The Balaban J connectivity index is 4.27. The molecule has 63 heavy (non-hydrogen) atoms. The maximum Gasteiger partial charge on any atom is 0.361 e. The van der Waals surface area contributed by atoms with Crippen molar-refractivity contribution in [3.05, 3.63) is 24.3 Å². The van der Waals surface area contributed by atoms with Crippen LogP contribution in [0.1, 0.15) is 245 Å². The first-order valence-electron chi connectivity index (χ1n) is 26.5. The van der Waals surface area contributed by atoms with E-state index in [0.717, 1.165) is 57.8 Å². The van der Waals surface area contributed by atoms with Crippen LogP contribution < -0.4 is 0 Å². The van der Waals surface area contributed by atoms with E-state index in [9.17, 15) is 19.5 Å². The van der Waals surface area contributed by atoms with E-state index in [1.165, 1.54) is 154 Å². The van der Waals surface area contributed by atoms with Crippen LogP contribution in [0.25, 0.3) is 0 Å². The first kappa shape index (κ1) is 60.8. The second kappa shape index (κ2) is 46.3. The summed E-state index contributed by atoms with van der Waals surface area (Å²) in [4.78, 5) is 37.3. The van der Waals surface area contributed by atoms with Crippen molar-refractivity contribution in [2.45, 2.75) is 257 Å². The number of quaternary nitrogens is 1. The third-order valence-corrected chi connectivity index (χ3v) is 11.7. The number of nitrogens with zero attached hydrogens (tertiary/aromatic N) is 1. The number of carbonyl (C=O) groups excluding carboxylic acids is 2. The monoisotopic (exact) mass is 893 g/mol. The second-order valence-electron chi connectivity index (χ2n) is 19.2. The van der Waals surface area contributed by atoms with E-state index in [0.29, 0.717) is 23.9 Å². The summed E-state index contributed by atoms with van der Waals surface area (Å²) in [7, 11) is 5.96. The van der Waals surface area contributed by atoms with Gasteiger partial charge in [0.15, 0.2) is 6.10 Å². The molecule has 0 aliphatic heterocycles. The number of likely N-dealkylation sites (N-methyl/N-ethyl adjacent to an activating group) is 1. The standard InChI is InChI=1S/C54H101NO8/c1-6-8-10-12-14-16-18-20-22-24-25-26-27-28-29-31-32-34-36-38-40-42-44-51(56)61-48-50(49-62-54(53(58)59)60-47-46-55(3,4)5)63-52(57)45-43-41-39-37-35-33-30-23-21-19-17-15-13-11-9-7-2/h17,19,23,30,50,54H,6-16,18,20-22,24-29,31-49H2,1-5H3/p+1/b19-17-,30-23-. The number of ether oxygens (including phenoxy) is 4. The Kier molecular flexibility index (Phi) is 44.7. The van der Waals surface area contributed by atoms with Gasteiger partial charge in [0.25, 0.3) is 6.29 Å². The molecule has 0 saturated carbocycles. The fourth-order valence-electron chi connectivity index (χ4n) is 7.57. The Bertz CT molecular complexity index is 1090. The molecule has 2 unspecified atom stereocenters. The fraction of sp³-hybridized carbons (Fsp3) is 0.870. The van der Waals surface area contributed by atoms with Crippen molar-refractivity contribution in [3.63, 3.8) is 0 Å². The van der Waals surface area contributed by atoms with Crippen LogP contribution in [0.2, 0.25) is 0 Å². The summed E-state index contributed by atoms with van der Waals surface area (Å²) in [6.45, 7) is 4.87. The Labute approximate surface area is 388 Å². The van der Waals surface area contributed by atoms with Gasteiger partial charge >= 0.3 is 17.9 Å². The molecule has 0 rings (SSSR count). The Morgan fingerprint density at radius 2 is 0.857 bits per heavy atom. The minimum atomic E-state index is -1.51. The highest BCUT2D eigenvalue weighted by molar-refractivity contribution is 5.71. The van der Waals surface area contributed by atoms with Gasteiger partial charge in [0.2, 0.25) is 0 Å². The van der Waals surface area contributed by atoms with Gasteiger partial charge < -0.3 is 28.5 Å². The predicted molar refractivity (Wildman–Crippen MR) is 263 cm³/mol. The molecule has 0 fully saturated rings. The predicted octanol–water partition coefficient (Wildman–Crippen LogP) is 14.8. The van der Waals surface area contributed by atoms with Gasteiger partial charge in [0, 0.05) is 12.8 Å². The van der Waals surface area contributed by atoms with E-state index in [-0.39, 0.29) is 32.2 Å². The van der Waals surface area contributed by atoms with Gasteiger partial charge in [0.05, 0.1) is 34.4 Å². The molecule has 0 aliphatic rings. The molecule has 1 N–H and O–H groups in total. The number of unbranched alkanes of at least 4 members (excludes halogenated alkanes) is 30. The summed E-state index contributed by atoms with van der Waals surface area (Å²) in [5.41, 5.74) is 0. The van der Waals surface area contributed by atoms with E-state index in [1.807, 2.05) is 21.1 Å². The van der Waals surface area contributed by atoms with Crippen LogP contribution in [0.3, 0.4) is 0 Å². The zero-order chi connectivity index (χ0) is 46.3. The van der Waals surface area contributed by atoms with Crippen molar-refractivity contribution in [2.24, 2.45) is 0 Å². The average Bonchev–Trinajstić information content (AvgIpc) is 3.24. The number of esters is 2. The maximum atomic E-state index is 12.8. The molecule has 0 heterocycles. The molecule has 0 amide bonds. The largest absolute Gasteiger partial charge is 0.477 e. The first-order chi connectivity index (χ1) is 30.6. The molecule has 2 atom stereocenters. The van der Waals surface area contributed by atoms with E-state index < -0.39 is 24.3 Å². The highest BCUT2D eigenvalue weighted by Gasteiger charge is 2.25. The molecule has 0 aromatic heterocycles. The van der Waals surface area contributed by atoms with Gasteiger partial charge in [-0.05, 0) is 44.9 Å². The summed E-state index contributed by atoms with van der Waals surface area (Å²) < 4.78 is 22.8. The van der Waals surface area contributed by atoms with Gasteiger partial charge in [-0.3, -0.25) is 9.59 Å². The zero-order valence-electron chi connectivity index (χ0n) is 42.0. The number of hydrogen-bond acceptors (Lipinski definition) is 7. The molecule has 0 aromatic carbocycles. The summed E-state index contributed by atoms with van der Waals surface area (Å²) in [6, 6.07) is 0. The van der Waals surface area contributed by atoms with Crippen LogP contribution in [0, 0.1) is 0 Å². The molecule has 0 spiro atoms. The summed E-state index contributed by atoms with van der Waals surface area (Å²) in [5.74, 6) is -2.01. The lowest BCUT2D eigenvalue weighted by molar-refractivity contribution is -0.870. The summed E-state index contributed by atoms with van der Waals surface area (Å²) in [6.07, 6.45) is 49.6. The van der Waals surface area contributed by atoms with Crippen LogP contribution in [0.15, 0.2) is 24.3 Å². The minimum absolute atomic E-state index is 0.183. The SMILES string of the molecule is CCCCCC/C=C\C/C=C\CCCCCCCC(=O)OC(COC(=O)CCCCCCCCCCCCCCCCCCCCCCCC)COC(OCC[N+](C)(C)C)C(=O)O. The molecule has 0 aliphatic carbocycles. The molecule has 0 radical (unpaired) electrons. The van der Waals surface area contributed by atoms with Crippen LogP contribution in [-0.2, 0) is 33.3 Å². The first-order valence-corrected chi connectivity index (χ1v) is 26.5. The number of carbonyl (C=O) groups is 3. The van der Waals surface area contributed by atoms with Crippen molar-refractivity contribution in [1.82, 2.24) is 0 Å². The number of rotatable bonds is 49. The minimum Gasteiger partial charge on any atom is -0.477 e. The van der Waals surface area contributed by atoms with E-state index in [1.54, 1.807) is 0 Å².